The molecule has 0 bridgehead atoms. The lowest BCUT2D eigenvalue weighted by molar-refractivity contribution is 0.0951. The van der Waals surface area contributed by atoms with Crippen LogP contribution in [0.15, 0.2) is 67.1 Å². The molecule has 2 N–H and O–H groups in total. The first-order chi connectivity index (χ1) is 13.9. The number of nitrogens with zero attached hydrogens (tertiary/aromatic N) is 2. The summed E-state index contributed by atoms with van der Waals surface area (Å²) in [6.45, 7) is 6.96. The van der Waals surface area contributed by atoms with Crippen molar-refractivity contribution in [1.82, 2.24) is 20.3 Å². The molecule has 2 aromatic carbocycles. The van der Waals surface area contributed by atoms with Crippen LogP contribution in [0.1, 0.15) is 42.3 Å². The first-order valence-electron chi connectivity index (χ1n) is 9.68. The molecule has 4 aromatic rings. The molecule has 5 heteroatoms. The predicted octanol–water partition coefficient (Wildman–Crippen LogP) is 4.85. The molecule has 0 aliphatic heterocycles. The lowest BCUT2D eigenvalue weighted by Crippen LogP contribution is -2.23. The Morgan fingerprint density at radius 2 is 1.69 bits per heavy atom. The molecule has 1 amide bonds. The van der Waals surface area contributed by atoms with Gasteiger partial charge < -0.3 is 10.3 Å². The molecule has 0 spiro atoms. The molecule has 0 saturated heterocycles. The Bertz CT molecular complexity index is 1140. The van der Waals surface area contributed by atoms with Gasteiger partial charge in [-0.2, -0.15) is 0 Å². The molecule has 2 aromatic heterocycles. The zero-order chi connectivity index (χ0) is 20.4. The minimum absolute atomic E-state index is 0.0700. The van der Waals surface area contributed by atoms with Crippen LogP contribution in [-0.4, -0.2) is 20.9 Å². The highest BCUT2D eigenvalue weighted by molar-refractivity contribution is 5.94. The highest BCUT2D eigenvalue weighted by Gasteiger charge is 2.14. The zero-order valence-corrected chi connectivity index (χ0v) is 16.9. The Hall–Kier alpha value is -3.47. The molecule has 146 valence electrons. The zero-order valence-electron chi connectivity index (χ0n) is 16.9. The highest BCUT2D eigenvalue weighted by Crippen LogP contribution is 2.25. The standard InChI is InChI=1S/C24H24N4O/c1-24(2,3)19-10-8-18(9-11-19)23(29)26-14-16-4-6-17(7-5-16)21-20-12-13-25-22(20)28-15-27-21/h4-13,15H,14H2,1-3H3,(H,26,29)(H,25,27,28). The molecule has 0 fully saturated rings. The summed E-state index contributed by atoms with van der Waals surface area (Å²) < 4.78 is 0. The van der Waals surface area contributed by atoms with Crippen LogP contribution in [0.5, 0.6) is 0 Å². The Balaban J connectivity index is 1.43. The average molecular weight is 384 g/mol. The molecule has 0 unspecified atom stereocenters. The predicted molar refractivity (Wildman–Crippen MR) is 116 cm³/mol. The second-order valence-corrected chi connectivity index (χ2v) is 8.17. The van der Waals surface area contributed by atoms with Crippen molar-refractivity contribution in [3.05, 3.63) is 83.8 Å². The van der Waals surface area contributed by atoms with Crippen LogP contribution in [0.3, 0.4) is 0 Å². The smallest absolute Gasteiger partial charge is 0.251 e. The first kappa shape index (κ1) is 18.9. The van der Waals surface area contributed by atoms with Crippen LogP contribution in [0.2, 0.25) is 0 Å². The normalized spacial score (nSPS) is 11.6. The number of carbonyl (C=O) groups is 1. The average Bonchev–Trinajstić information content (AvgIpc) is 3.21. The van der Waals surface area contributed by atoms with Gasteiger partial charge in [0.15, 0.2) is 0 Å². The monoisotopic (exact) mass is 384 g/mol. The molecular weight excluding hydrogens is 360 g/mol. The van der Waals surface area contributed by atoms with Gasteiger partial charge in [0.25, 0.3) is 5.91 Å². The Morgan fingerprint density at radius 3 is 2.38 bits per heavy atom. The van der Waals surface area contributed by atoms with Gasteiger partial charge in [0.2, 0.25) is 0 Å². The fourth-order valence-electron chi connectivity index (χ4n) is 3.29. The molecule has 0 radical (unpaired) electrons. The minimum Gasteiger partial charge on any atom is -0.348 e. The van der Waals surface area contributed by atoms with E-state index in [0.717, 1.165) is 27.9 Å². The molecule has 5 nitrogen and oxygen atoms in total. The Labute approximate surface area is 170 Å². The van der Waals surface area contributed by atoms with Crippen molar-refractivity contribution < 1.29 is 4.79 Å². The van der Waals surface area contributed by atoms with Gasteiger partial charge in [-0.25, -0.2) is 9.97 Å². The van der Waals surface area contributed by atoms with Crippen molar-refractivity contribution >= 4 is 16.9 Å². The number of H-pyrrole nitrogens is 1. The second kappa shape index (κ2) is 7.51. The maximum atomic E-state index is 12.5. The molecule has 29 heavy (non-hydrogen) atoms. The van der Waals surface area contributed by atoms with Crippen LogP contribution in [0.25, 0.3) is 22.3 Å². The van der Waals surface area contributed by atoms with Gasteiger partial charge in [0, 0.05) is 29.3 Å². The van der Waals surface area contributed by atoms with Gasteiger partial charge in [-0.1, -0.05) is 57.2 Å². The summed E-state index contributed by atoms with van der Waals surface area (Å²) in [6, 6.07) is 17.9. The summed E-state index contributed by atoms with van der Waals surface area (Å²) in [6.07, 6.45) is 3.42. The van der Waals surface area contributed by atoms with Crippen LogP contribution in [0.4, 0.5) is 0 Å². The minimum atomic E-state index is -0.0700. The summed E-state index contributed by atoms with van der Waals surface area (Å²) in [4.78, 5) is 24.2. The van der Waals surface area contributed by atoms with E-state index >= 15 is 0 Å². The Morgan fingerprint density at radius 1 is 0.966 bits per heavy atom. The maximum absolute atomic E-state index is 12.5. The van der Waals surface area contributed by atoms with E-state index < -0.39 is 0 Å². The third-order valence-electron chi connectivity index (χ3n) is 5.05. The molecule has 0 saturated carbocycles. The van der Waals surface area contributed by atoms with E-state index in [1.165, 1.54) is 5.56 Å². The van der Waals surface area contributed by atoms with Gasteiger partial charge in [-0.05, 0) is 34.7 Å². The van der Waals surface area contributed by atoms with Crippen LogP contribution < -0.4 is 5.32 Å². The third-order valence-corrected chi connectivity index (χ3v) is 5.05. The lowest BCUT2D eigenvalue weighted by Gasteiger charge is -2.19. The number of rotatable bonds is 4. The van der Waals surface area contributed by atoms with E-state index in [1.807, 2.05) is 60.8 Å². The fourth-order valence-corrected chi connectivity index (χ4v) is 3.29. The topological polar surface area (TPSA) is 70.7 Å². The van der Waals surface area contributed by atoms with Gasteiger partial charge in [-0.15, -0.1) is 0 Å². The number of aromatic nitrogens is 3. The second-order valence-electron chi connectivity index (χ2n) is 8.17. The maximum Gasteiger partial charge on any atom is 0.251 e. The molecule has 4 rings (SSSR count). The number of amides is 1. The number of hydrogen-bond donors (Lipinski definition) is 2. The number of hydrogen-bond acceptors (Lipinski definition) is 3. The summed E-state index contributed by atoms with van der Waals surface area (Å²) in [5.74, 6) is -0.0700. The van der Waals surface area contributed by atoms with Crippen molar-refractivity contribution in [2.24, 2.45) is 0 Å². The van der Waals surface area contributed by atoms with E-state index in [0.29, 0.717) is 12.1 Å². The Kier molecular flexibility index (Phi) is 4.89. The van der Waals surface area contributed by atoms with Crippen LogP contribution in [-0.2, 0) is 12.0 Å². The van der Waals surface area contributed by atoms with Crippen molar-refractivity contribution in [3.8, 4) is 11.3 Å². The number of fused-ring (bicyclic) bond motifs is 1. The van der Waals surface area contributed by atoms with E-state index in [2.05, 4.69) is 41.0 Å². The molecule has 0 aliphatic carbocycles. The fraction of sp³-hybridized carbons (Fsp3) is 0.208. The number of benzene rings is 2. The summed E-state index contributed by atoms with van der Waals surface area (Å²) in [5, 5.41) is 3.98. The number of nitrogens with one attached hydrogen (secondary N) is 2. The van der Waals surface area contributed by atoms with Crippen molar-refractivity contribution in [2.75, 3.05) is 0 Å². The summed E-state index contributed by atoms with van der Waals surface area (Å²) in [7, 11) is 0. The van der Waals surface area contributed by atoms with E-state index in [1.54, 1.807) is 6.33 Å². The largest absolute Gasteiger partial charge is 0.348 e. The summed E-state index contributed by atoms with van der Waals surface area (Å²) >= 11 is 0. The molecular formula is C24H24N4O. The van der Waals surface area contributed by atoms with Crippen molar-refractivity contribution in [2.45, 2.75) is 32.7 Å². The molecule has 0 aliphatic rings. The quantitative estimate of drug-likeness (QED) is 0.528. The highest BCUT2D eigenvalue weighted by atomic mass is 16.1. The SMILES string of the molecule is CC(C)(C)c1ccc(C(=O)NCc2ccc(-c3ncnc4[nH]ccc34)cc2)cc1. The number of carbonyl (C=O) groups excluding carboxylic acids is 1. The molecule has 2 heterocycles. The first-order valence-corrected chi connectivity index (χ1v) is 9.68. The molecule has 0 atom stereocenters. The van der Waals surface area contributed by atoms with E-state index in [9.17, 15) is 4.79 Å². The van der Waals surface area contributed by atoms with Crippen LogP contribution in [0, 0.1) is 0 Å². The van der Waals surface area contributed by atoms with Gasteiger partial charge in [0.1, 0.15) is 12.0 Å². The van der Waals surface area contributed by atoms with E-state index in [4.69, 9.17) is 0 Å². The van der Waals surface area contributed by atoms with Crippen LogP contribution >= 0.6 is 0 Å². The lowest BCUT2D eigenvalue weighted by atomic mass is 9.87. The summed E-state index contributed by atoms with van der Waals surface area (Å²) in [5.41, 5.74) is 5.73. The van der Waals surface area contributed by atoms with Crippen molar-refractivity contribution in [1.29, 1.82) is 0 Å². The van der Waals surface area contributed by atoms with Gasteiger partial charge in [0.05, 0.1) is 5.69 Å². The van der Waals surface area contributed by atoms with Gasteiger partial charge >= 0.3 is 0 Å². The number of aromatic amines is 1. The van der Waals surface area contributed by atoms with Crippen molar-refractivity contribution in [3.63, 3.8) is 0 Å². The van der Waals surface area contributed by atoms with E-state index in [-0.39, 0.29) is 11.3 Å². The third kappa shape index (κ3) is 4.04. The van der Waals surface area contributed by atoms with Gasteiger partial charge in [-0.3, -0.25) is 4.79 Å².